The van der Waals surface area contributed by atoms with E-state index >= 15 is 0 Å². The third-order valence-corrected chi connectivity index (χ3v) is 5.82. The molecule has 4 aromatic rings. The molecule has 3 aromatic heterocycles. The SMILES string of the molecule is CCCc1nc(CSc2ncnc3c2cnn3-c2ccc(F)cc2)cs1. The average molecular weight is 385 g/mol. The van der Waals surface area contributed by atoms with Crippen molar-refractivity contribution in [1.29, 1.82) is 0 Å². The summed E-state index contributed by atoms with van der Waals surface area (Å²) in [7, 11) is 0. The molecule has 26 heavy (non-hydrogen) atoms. The first-order chi connectivity index (χ1) is 12.7. The second-order valence-corrected chi connectivity index (χ2v) is 7.63. The molecule has 0 aliphatic rings. The quantitative estimate of drug-likeness (QED) is 0.357. The summed E-state index contributed by atoms with van der Waals surface area (Å²) in [5.74, 6) is 0.482. The minimum Gasteiger partial charge on any atom is -0.245 e. The highest BCUT2D eigenvalue weighted by molar-refractivity contribution is 7.98. The van der Waals surface area contributed by atoms with E-state index in [1.165, 1.54) is 23.5 Å². The van der Waals surface area contributed by atoms with Crippen molar-refractivity contribution < 1.29 is 4.39 Å². The molecule has 132 valence electrons. The molecule has 0 aliphatic heterocycles. The minimum atomic E-state index is -0.276. The molecule has 0 bridgehead atoms. The highest BCUT2D eigenvalue weighted by atomic mass is 32.2. The molecule has 0 saturated heterocycles. The molecule has 1 aromatic carbocycles. The molecule has 0 radical (unpaired) electrons. The van der Waals surface area contributed by atoms with Crippen molar-refractivity contribution in [1.82, 2.24) is 24.7 Å². The van der Waals surface area contributed by atoms with Crippen LogP contribution in [-0.4, -0.2) is 24.7 Å². The number of aromatic nitrogens is 5. The van der Waals surface area contributed by atoms with E-state index in [9.17, 15) is 4.39 Å². The molecule has 0 aliphatic carbocycles. The Morgan fingerprint density at radius 2 is 2.04 bits per heavy atom. The smallest absolute Gasteiger partial charge is 0.167 e. The van der Waals surface area contributed by atoms with Crippen LogP contribution in [0, 0.1) is 5.82 Å². The van der Waals surface area contributed by atoms with Crippen LogP contribution in [0.15, 0.2) is 47.2 Å². The van der Waals surface area contributed by atoms with Crippen molar-refractivity contribution in [2.75, 3.05) is 0 Å². The van der Waals surface area contributed by atoms with E-state index in [1.807, 2.05) is 0 Å². The first-order valence-corrected chi connectivity index (χ1v) is 10.1. The van der Waals surface area contributed by atoms with Crippen molar-refractivity contribution >= 4 is 34.1 Å². The van der Waals surface area contributed by atoms with E-state index in [-0.39, 0.29) is 5.82 Å². The Bertz CT molecular complexity index is 1030. The number of fused-ring (bicyclic) bond motifs is 1. The summed E-state index contributed by atoms with van der Waals surface area (Å²) in [6.07, 6.45) is 5.42. The van der Waals surface area contributed by atoms with Crippen LogP contribution in [0.4, 0.5) is 4.39 Å². The Labute approximate surface area is 158 Å². The number of nitrogens with zero attached hydrogens (tertiary/aromatic N) is 5. The first kappa shape index (κ1) is 17.1. The van der Waals surface area contributed by atoms with Crippen molar-refractivity contribution in [3.63, 3.8) is 0 Å². The standard InChI is InChI=1S/C18H16FN5S2/c1-2-3-16-23-13(9-25-16)10-26-18-15-8-22-24(17(15)20-11-21-18)14-6-4-12(19)5-7-14/h4-9,11H,2-3,10H2,1H3. The molecule has 0 unspecified atom stereocenters. The zero-order valence-corrected chi connectivity index (χ0v) is 15.7. The van der Waals surface area contributed by atoms with Gasteiger partial charge in [0.05, 0.1) is 28.0 Å². The molecule has 0 atom stereocenters. The van der Waals surface area contributed by atoms with Gasteiger partial charge in [0.15, 0.2) is 5.65 Å². The molecule has 0 saturated carbocycles. The molecule has 0 amide bonds. The van der Waals surface area contributed by atoms with Crippen LogP contribution in [0.2, 0.25) is 0 Å². The number of rotatable bonds is 6. The van der Waals surface area contributed by atoms with Crippen LogP contribution in [0.1, 0.15) is 24.0 Å². The van der Waals surface area contributed by atoms with Crippen molar-refractivity contribution in [2.24, 2.45) is 0 Å². The van der Waals surface area contributed by atoms with Crippen molar-refractivity contribution in [3.05, 3.63) is 58.7 Å². The topological polar surface area (TPSA) is 56.5 Å². The van der Waals surface area contributed by atoms with Crippen LogP contribution < -0.4 is 0 Å². The van der Waals surface area contributed by atoms with Gasteiger partial charge in [-0.05, 0) is 37.1 Å². The zero-order chi connectivity index (χ0) is 17.9. The lowest BCUT2D eigenvalue weighted by molar-refractivity contribution is 0.627. The second kappa shape index (κ2) is 7.51. The van der Waals surface area contributed by atoms with Crippen molar-refractivity contribution in [2.45, 2.75) is 30.5 Å². The maximum absolute atomic E-state index is 13.2. The predicted octanol–water partition coefficient (Wildman–Crippen LogP) is 4.66. The van der Waals surface area contributed by atoms with Crippen LogP contribution in [-0.2, 0) is 12.2 Å². The number of thiazole rings is 1. The first-order valence-electron chi connectivity index (χ1n) is 8.25. The Morgan fingerprint density at radius 1 is 1.19 bits per heavy atom. The summed E-state index contributed by atoms with van der Waals surface area (Å²) in [6.45, 7) is 2.16. The summed E-state index contributed by atoms with van der Waals surface area (Å²) in [5.41, 5.74) is 2.54. The Balaban J connectivity index is 1.59. The Morgan fingerprint density at radius 3 is 2.85 bits per heavy atom. The number of benzene rings is 1. The molecule has 3 heterocycles. The number of thioether (sulfide) groups is 1. The number of aryl methyl sites for hydroxylation is 1. The highest BCUT2D eigenvalue weighted by Crippen LogP contribution is 2.28. The van der Waals surface area contributed by atoms with Gasteiger partial charge in [0.1, 0.15) is 17.2 Å². The largest absolute Gasteiger partial charge is 0.245 e. The lowest BCUT2D eigenvalue weighted by Gasteiger charge is -2.04. The van der Waals surface area contributed by atoms with Gasteiger partial charge in [-0.1, -0.05) is 18.7 Å². The summed E-state index contributed by atoms with van der Waals surface area (Å²) in [6, 6.07) is 6.19. The van der Waals surface area contributed by atoms with Crippen LogP contribution in [0.3, 0.4) is 0 Å². The summed E-state index contributed by atoms with van der Waals surface area (Å²) < 4.78 is 14.9. The third-order valence-electron chi connectivity index (χ3n) is 3.82. The highest BCUT2D eigenvalue weighted by Gasteiger charge is 2.12. The summed E-state index contributed by atoms with van der Waals surface area (Å²) in [4.78, 5) is 13.4. The van der Waals surface area contributed by atoms with Gasteiger partial charge in [0.25, 0.3) is 0 Å². The molecule has 0 N–H and O–H groups in total. The van der Waals surface area contributed by atoms with E-state index in [2.05, 4.69) is 32.4 Å². The van der Waals surface area contributed by atoms with Gasteiger partial charge in [-0.3, -0.25) is 0 Å². The van der Waals surface area contributed by atoms with E-state index in [0.717, 1.165) is 40.4 Å². The molecule has 0 spiro atoms. The fourth-order valence-electron chi connectivity index (χ4n) is 2.60. The fraction of sp³-hybridized carbons (Fsp3) is 0.222. The third kappa shape index (κ3) is 3.47. The van der Waals surface area contributed by atoms with E-state index in [0.29, 0.717) is 5.65 Å². The number of hydrogen-bond donors (Lipinski definition) is 0. The molecule has 8 heteroatoms. The van der Waals surface area contributed by atoms with Gasteiger partial charge in [-0.25, -0.2) is 24.0 Å². The average Bonchev–Trinajstić information content (AvgIpc) is 3.28. The van der Waals surface area contributed by atoms with Gasteiger partial charge in [-0.2, -0.15) is 5.10 Å². The minimum absolute atomic E-state index is 0.276. The fourth-order valence-corrected chi connectivity index (χ4v) is 4.45. The van der Waals surface area contributed by atoms with Crippen LogP contribution >= 0.6 is 23.1 Å². The number of hydrogen-bond acceptors (Lipinski definition) is 6. The number of halogens is 1. The van der Waals surface area contributed by atoms with Gasteiger partial charge in [-0.15, -0.1) is 11.3 Å². The van der Waals surface area contributed by atoms with Gasteiger partial charge in [0.2, 0.25) is 0 Å². The molecular weight excluding hydrogens is 369 g/mol. The van der Waals surface area contributed by atoms with Crippen LogP contribution in [0.25, 0.3) is 16.7 Å². The van der Waals surface area contributed by atoms with E-state index in [1.54, 1.807) is 46.1 Å². The Hall–Kier alpha value is -2.32. The molecular formula is C18H16FN5S2. The lowest BCUT2D eigenvalue weighted by atomic mass is 10.3. The maximum Gasteiger partial charge on any atom is 0.167 e. The Kier molecular flexibility index (Phi) is 4.94. The van der Waals surface area contributed by atoms with Gasteiger partial charge < -0.3 is 0 Å². The van der Waals surface area contributed by atoms with Gasteiger partial charge in [0, 0.05) is 11.1 Å². The monoisotopic (exact) mass is 385 g/mol. The van der Waals surface area contributed by atoms with Crippen molar-refractivity contribution in [3.8, 4) is 5.69 Å². The zero-order valence-electron chi connectivity index (χ0n) is 14.1. The molecule has 0 fully saturated rings. The van der Waals surface area contributed by atoms with Crippen LogP contribution in [0.5, 0.6) is 0 Å². The maximum atomic E-state index is 13.2. The van der Waals surface area contributed by atoms with E-state index in [4.69, 9.17) is 0 Å². The summed E-state index contributed by atoms with van der Waals surface area (Å²) in [5, 5.41) is 9.44. The predicted molar refractivity (Wildman–Crippen MR) is 102 cm³/mol. The molecule has 5 nitrogen and oxygen atoms in total. The lowest BCUT2D eigenvalue weighted by Crippen LogP contribution is -1.98. The van der Waals surface area contributed by atoms with E-state index < -0.39 is 0 Å². The normalized spacial score (nSPS) is 11.3. The van der Waals surface area contributed by atoms with Gasteiger partial charge >= 0.3 is 0 Å². The second-order valence-electron chi connectivity index (χ2n) is 5.72. The summed E-state index contributed by atoms with van der Waals surface area (Å²) >= 11 is 3.34. The molecule has 4 rings (SSSR count).